The van der Waals surface area contributed by atoms with Crippen molar-refractivity contribution in [2.45, 2.75) is 12.1 Å². The quantitative estimate of drug-likeness (QED) is 0.632. The summed E-state index contributed by atoms with van der Waals surface area (Å²) in [5.41, 5.74) is 1.53. The van der Waals surface area contributed by atoms with Crippen LogP contribution in [0.3, 0.4) is 0 Å². The zero-order valence-corrected chi connectivity index (χ0v) is 16.4. The summed E-state index contributed by atoms with van der Waals surface area (Å²) in [5, 5.41) is 7.11. The van der Waals surface area contributed by atoms with Gasteiger partial charge in [-0.3, -0.25) is 4.79 Å². The number of quaternary nitrogens is 1. The molecule has 142 valence electrons. The van der Waals surface area contributed by atoms with Crippen LogP contribution in [-0.2, 0) is 16.9 Å². The number of carbonyl (C=O) groups excluding carboxylic acids is 2. The standard InChI is InChI=1S/C22H21N3O2S/c1-24(14-17-12-13-28-15-17)16-25-20(26)22(23-21(25)27,18-8-4-2-5-9-18)19-10-6-3-7-11-19/h2-13,15H,14,16H2,1H3,(H,23,27)/p+1. The van der Waals surface area contributed by atoms with E-state index in [0.717, 1.165) is 22.6 Å². The van der Waals surface area contributed by atoms with Crippen LogP contribution in [-0.4, -0.2) is 30.6 Å². The van der Waals surface area contributed by atoms with E-state index in [1.807, 2.05) is 73.1 Å². The molecular weight excluding hydrogens is 370 g/mol. The van der Waals surface area contributed by atoms with Gasteiger partial charge >= 0.3 is 6.03 Å². The molecule has 1 atom stereocenters. The maximum absolute atomic E-state index is 13.6. The minimum Gasteiger partial charge on any atom is -0.316 e. The van der Waals surface area contributed by atoms with Crippen LogP contribution in [0.4, 0.5) is 4.79 Å². The zero-order valence-electron chi connectivity index (χ0n) is 15.6. The molecule has 0 bridgehead atoms. The van der Waals surface area contributed by atoms with E-state index in [9.17, 15) is 9.59 Å². The number of hydrogen-bond donors (Lipinski definition) is 2. The number of carbonyl (C=O) groups is 2. The van der Waals surface area contributed by atoms with Crippen LogP contribution in [0.2, 0.25) is 0 Å². The van der Waals surface area contributed by atoms with Gasteiger partial charge in [0.05, 0.1) is 7.05 Å². The van der Waals surface area contributed by atoms with E-state index in [2.05, 4.69) is 16.8 Å². The Morgan fingerprint density at radius 3 is 2.11 bits per heavy atom. The van der Waals surface area contributed by atoms with Crippen LogP contribution >= 0.6 is 11.3 Å². The topological polar surface area (TPSA) is 53.9 Å². The zero-order chi connectivity index (χ0) is 19.6. The average Bonchev–Trinajstić information content (AvgIpc) is 3.31. The normalized spacial score (nSPS) is 16.8. The Labute approximate surface area is 168 Å². The van der Waals surface area contributed by atoms with Crippen LogP contribution in [0, 0.1) is 0 Å². The van der Waals surface area contributed by atoms with Crippen molar-refractivity contribution < 1.29 is 14.5 Å². The summed E-state index contributed by atoms with van der Waals surface area (Å²) in [6, 6.07) is 20.6. The van der Waals surface area contributed by atoms with Crippen molar-refractivity contribution in [3.8, 4) is 0 Å². The summed E-state index contributed by atoms with van der Waals surface area (Å²) >= 11 is 1.65. The molecule has 1 saturated heterocycles. The molecule has 2 N–H and O–H groups in total. The van der Waals surface area contributed by atoms with E-state index in [0.29, 0.717) is 6.67 Å². The molecule has 0 spiro atoms. The summed E-state index contributed by atoms with van der Waals surface area (Å²) in [7, 11) is 1.99. The molecule has 0 radical (unpaired) electrons. The molecule has 1 fully saturated rings. The van der Waals surface area contributed by atoms with Crippen molar-refractivity contribution in [1.29, 1.82) is 0 Å². The molecule has 1 unspecified atom stereocenters. The highest BCUT2D eigenvalue weighted by Crippen LogP contribution is 2.35. The first-order valence-electron chi connectivity index (χ1n) is 9.19. The van der Waals surface area contributed by atoms with Gasteiger partial charge in [-0.1, -0.05) is 60.7 Å². The molecular formula is C22H22N3O2S+. The van der Waals surface area contributed by atoms with Gasteiger partial charge in [0.2, 0.25) is 0 Å². The molecule has 3 amide bonds. The van der Waals surface area contributed by atoms with Crippen LogP contribution in [0.1, 0.15) is 16.7 Å². The van der Waals surface area contributed by atoms with Crippen molar-refractivity contribution in [2.24, 2.45) is 0 Å². The molecule has 4 rings (SSSR count). The first kappa shape index (κ1) is 18.4. The Morgan fingerprint density at radius 2 is 1.57 bits per heavy atom. The molecule has 3 aromatic rings. The van der Waals surface area contributed by atoms with Crippen molar-refractivity contribution in [3.05, 3.63) is 94.2 Å². The number of amides is 3. The molecule has 2 aromatic carbocycles. The lowest BCUT2D eigenvalue weighted by molar-refractivity contribution is -0.901. The van der Waals surface area contributed by atoms with E-state index in [1.165, 1.54) is 10.5 Å². The van der Waals surface area contributed by atoms with Gasteiger partial charge in [-0.25, -0.2) is 9.69 Å². The molecule has 6 heteroatoms. The van der Waals surface area contributed by atoms with Crippen molar-refractivity contribution in [2.75, 3.05) is 13.7 Å². The molecule has 2 heterocycles. The number of rotatable bonds is 6. The van der Waals surface area contributed by atoms with Crippen molar-refractivity contribution in [3.63, 3.8) is 0 Å². The Morgan fingerprint density at radius 1 is 0.964 bits per heavy atom. The SMILES string of the molecule is C[NH+](Cc1ccsc1)CN1C(=O)NC(c2ccccc2)(c2ccccc2)C1=O. The van der Waals surface area contributed by atoms with Crippen LogP contribution in [0.5, 0.6) is 0 Å². The van der Waals surface area contributed by atoms with E-state index in [-0.39, 0.29) is 11.9 Å². The summed E-state index contributed by atoms with van der Waals surface area (Å²) in [4.78, 5) is 28.9. The molecule has 1 aliphatic rings. The first-order valence-corrected chi connectivity index (χ1v) is 10.1. The number of nitrogens with one attached hydrogen (secondary N) is 2. The number of urea groups is 1. The third-order valence-corrected chi connectivity index (χ3v) is 5.77. The van der Waals surface area contributed by atoms with Crippen LogP contribution in [0.15, 0.2) is 77.5 Å². The summed E-state index contributed by atoms with van der Waals surface area (Å²) in [6.45, 7) is 1.06. The second kappa shape index (κ2) is 7.58. The maximum Gasteiger partial charge on any atom is 0.330 e. The highest BCUT2D eigenvalue weighted by Gasteiger charge is 2.54. The van der Waals surface area contributed by atoms with Gasteiger partial charge in [-0.2, -0.15) is 11.3 Å². The fourth-order valence-electron chi connectivity index (χ4n) is 3.72. The highest BCUT2D eigenvalue weighted by atomic mass is 32.1. The molecule has 1 aliphatic heterocycles. The largest absolute Gasteiger partial charge is 0.330 e. The van der Waals surface area contributed by atoms with Gasteiger partial charge in [0.1, 0.15) is 6.54 Å². The third-order valence-electron chi connectivity index (χ3n) is 5.03. The minimum absolute atomic E-state index is 0.237. The first-order chi connectivity index (χ1) is 13.6. The number of benzene rings is 2. The Balaban J connectivity index is 1.67. The molecule has 1 aromatic heterocycles. The van der Waals surface area contributed by atoms with Gasteiger partial charge in [-0.05, 0) is 28.0 Å². The second-order valence-corrected chi connectivity index (χ2v) is 7.85. The van der Waals surface area contributed by atoms with Gasteiger partial charge in [0.15, 0.2) is 12.2 Å². The lowest BCUT2D eigenvalue weighted by Crippen LogP contribution is -3.09. The van der Waals surface area contributed by atoms with Crippen LogP contribution in [0.25, 0.3) is 0 Å². The smallest absolute Gasteiger partial charge is 0.316 e. The number of imide groups is 1. The highest BCUT2D eigenvalue weighted by molar-refractivity contribution is 7.07. The van der Waals surface area contributed by atoms with E-state index in [1.54, 1.807) is 11.3 Å². The monoisotopic (exact) mass is 392 g/mol. The molecule has 28 heavy (non-hydrogen) atoms. The molecule has 0 aliphatic carbocycles. The molecule has 0 saturated carbocycles. The number of thiophene rings is 1. The lowest BCUT2D eigenvalue weighted by atomic mass is 9.83. The lowest BCUT2D eigenvalue weighted by Gasteiger charge is -2.28. The Bertz CT molecular complexity index is 918. The Kier molecular flexibility index (Phi) is 4.98. The maximum atomic E-state index is 13.6. The molecule has 5 nitrogen and oxygen atoms in total. The minimum atomic E-state index is -1.19. The second-order valence-electron chi connectivity index (χ2n) is 7.07. The predicted molar refractivity (Wildman–Crippen MR) is 109 cm³/mol. The van der Waals surface area contributed by atoms with E-state index < -0.39 is 5.54 Å². The van der Waals surface area contributed by atoms with E-state index in [4.69, 9.17) is 0 Å². The fourth-order valence-corrected chi connectivity index (χ4v) is 4.39. The number of hydrogen-bond acceptors (Lipinski definition) is 3. The fraction of sp³-hybridized carbons (Fsp3) is 0.182. The summed E-state index contributed by atoms with van der Waals surface area (Å²) in [5.74, 6) is -0.237. The summed E-state index contributed by atoms with van der Waals surface area (Å²) < 4.78 is 0. The summed E-state index contributed by atoms with van der Waals surface area (Å²) in [6.07, 6.45) is 0. The predicted octanol–water partition coefficient (Wildman–Crippen LogP) is 2.22. The van der Waals surface area contributed by atoms with Gasteiger partial charge in [0.25, 0.3) is 5.91 Å². The third kappa shape index (κ3) is 3.21. The average molecular weight is 393 g/mol. The van der Waals surface area contributed by atoms with Crippen molar-refractivity contribution >= 4 is 23.3 Å². The van der Waals surface area contributed by atoms with Crippen LogP contribution < -0.4 is 10.2 Å². The Hall–Kier alpha value is -2.96. The van der Waals surface area contributed by atoms with E-state index >= 15 is 0 Å². The number of nitrogens with zero attached hydrogens (tertiary/aromatic N) is 1. The van der Waals surface area contributed by atoms with Crippen molar-refractivity contribution in [1.82, 2.24) is 10.2 Å². The van der Waals surface area contributed by atoms with Gasteiger partial charge < -0.3 is 10.2 Å². The van der Waals surface area contributed by atoms with Gasteiger partial charge in [0, 0.05) is 5.56 Å². The van der Waals surface area contributed by atoms with Gasteiger partial charge in [-0.15, -0.1) is 0 Å².